The number of Topliss-reactive ketones (excluding diaryl/α,β-unsaturated/α-hetero) is 1. The van der Waals surface area contributed by atoms with E-state index in [4.69, 9.17) is 0 Å². The van der Waals surface area contributed by atoms with Crippen molar-refractivity contribution in [2.75, 3.05) is 0 Å². The molecule has 1 aromatic heterocycles. The van der Waals surface area contributed by atoms with E-state index >= 15 is 0 Å². The second-order valence-electron chi connectivity index (χ2n) is 2.82. The Morgan fingerprint density at radius 1 is 1.21 bits per heavy atom. The SMILES string of the molecule is O=CC(=O)c1ccc2[nH]c(=O)[nH]c2c1. The van der Waals surface area contributed by atoms with Crippen molar-refractivity contribution in [1.29, 1.82) is 0 Å². The summed E-state index contributed by atoms with van der Waals surface area (Å²) in [4.78, 5) is 37.1. The molecule has 0 amide bonds. The molecular formula is C9H6N2O3. The van der Waals surface area contributed by atoms with Crippen LogP contribution in [0.5, 0.6) is 0 Å². The van der Waals surface area contributed by atoms with Crippen molar-refractivity contribution < 1.29 is 9.59 Å². The van der Waals surface area contributed by atoms with Crippen molar-refractivity contribution in [3.8, 4) is 0 Å². The number of rotatable bonds is 2. The van der Waals surface area contributed by atoms with Gasteiger partial charge in [0.05, 0.1) is 11.0 Å². The topological polar surface area (TPSA) is 82.8 Å². The number of fused-ring (bicyclic) bond motifs is 1. The molecule has 0 saturated carbocycles. The maximum absolute atomic E-state index is 11.0. The normalized spacial score (nSPS) is 10.3. The Hall–Kier alpha value is -2.17. The van der Waals surface area contributed by atoms with Gasteiger partial charge in [-0.2, -0.15) is 0 Å². The van der Waals surface area contributed by atoms with Crippen LogP contribution in [0.2, 0.25) is 0 Å². The Morgan fingerprint density at radius 2 is 1.93 bits per heavy atom. The number of nitrogens with one attached hydrogen (secondary N) is 2. The van der Waals surface area contributed by atoms with Gasteiger partial charge < -0.3 is 9.97 Å². The second kappa shape index (κ2) is 2.95. The van der Waals surface area contributed by atoms with E-state index in [1.165, 1.54) is 12.1 Å². The average molecular weight is 190 g/mol. The molecule has 0 unspecified atom stereocenters. The molecule has 0 aliphatic heterocycles. The van der Waals surface area contributed by atoms with Gasteiger partial charge in [0.25, 0.3) is 0 Å². The molecule has 70 valence electrons. The fourth-order valence-corrected chi connectivity index (χ4v) is 1.25. The van der Waals surface area contributed by atoms with E-state index in [0.29, 0.717) is 11.0 Å². The van der Waals surface area contributed by atoms with Crippen molar-refractivity contribution in [2.24, 2.45) is 0 Å². The molecule has 0 spiro atoms. The van der Waals surface area contributed by atoms with Crippen molar-refractivity contribution >= 4 is 23.1 Å². The number of H-pyrrole nitrogens is 2. The number of benzene rings is 1. The zero-order chi connectivity index (χ0) is 10.1. The molecule has 0 radical (unpaired) electrons. The van der Waals surface area contributed by atoms with E-state index in [-0.39, 0.29) is 17.5 Å². The summed E-state index contributed by atoms with van der Waals surface area (Å²) in [6.07, 6.45) is 0.242. The lowest BCUT2D eigenvalue weighted by Gasteiger charge is -1.93. The highest BCUT2D eigenvalue weighted by Gasteiger charge is 2.05. The average Bonchev–Trinajstić information content (AvgIpc) is 2.55. The number of hydrogen-bond acceptors (Lipinski definition) is 3. The van der Waals surface area contributed by atoms with Gasteiger partial charge in [0.15, 0.2) is 6.29 Å². The maximum atomic E-state index is 11.0. The third-order valence-corrected chi connectivity index (χ3v) is 1.91. The van der Waals surface area contributed by atoms with Crippen LogP contribution < -0.4 is 5.69 Å². The molecule has 2 aromatic rings. The Bertz CT molecular complexity index is 565. The number of carbonyl (C=O) groups is 2. The summed E-state index contributed by atoms with van der Waals surface area (Å²) < 4.78 is 0. The summed E-state index contributed by atoms with van der Waals surface area (Å²) in [6.45, 7) is 0. The molecule has 0 aliphatic rings. The van der Waals surface area contributed by atoms with Gasteiger partial charge in [0.1, 0.15) is 0 Å². The first-order chi connectivity index (χ1) is 6.70. The molecule has 5 nitrogen and oxygen atoms in total. The van der Waals surface area contributed by atoms with Gasteiger partial charge in [0, 0.05) is 5.56 Å². The van der Waals surface area contributed by atoms with Gasteiger partial charge in [0.2, 0.25) is 5.78 Å². The molecule has 1 aromatic carbocycles. The smallest absolute Gasteiger partial charge is 0.306 e. The minimum absolute atomic E-state index is 0.242. The predicted molar refractivity (Wildman–Crippen MR) is 49.3 cm³/mol. The van der Waals surface area contributed by atoms with Crippen molar-refractivity contribution in [1.82, 2.24) is 9.97 Å². The number of carbonyl (C=O) groups excluding carboxylic acids is 2. The summed E-state index contributed by atoms with van der Waals surface area (Å²) in [6, 6.07) is 4.52. The second-order valence-corrected chi connectivity index (χ2v) is 2.82. The third kappa shape index (κ3) is 1.24. The quantitative estimate of drug-likeness (QED) is 0.404. The van der Waals surface area contributed by atoms with E-state index < -0.39 is 5.78 Å². The van der Waals surface area contributed by atoms with Gasteiger partial charge in [-0.25, -0.2) is 4.79 Å². The molecule has 0 aliphatic carbocycles. The Balaban J connectivity index is 2.66. The van der Waals surface area contributed by atoms with Crippen molar-refractivity contribution in [2.45, 2.75) is 0 Å². The number of imidazole rings is 1. The number of ketones is 1. The lowest BCUT2D eigenvalue weighted by Crippen LogP contribution is -1.99. The standard InChI is InChI=1S/C9H6N2O3/c12-4-8(13)5-1-2-6-7(3-5)11-9(14)10-6/h1-4H,(H2,10,11,14). The van der Waals surface area contributed by atoms with Crippen LogP contribution in [0.1, 0.15) is 10.4 Å². The summed E-state index contributed by atoms with van der Waals surface area (Å²) in [5, 5.41) is 0. The summed E-state index contributed by atoms with van der Waals surface area (Å²) in [7, 11) is 0. The van der Waals surface area contributed by atoms with E-state index in [1.54, 1.807) is 6.07 Å². The minimum Gasteiger partial charge on any atom is -0.306 e. The van der Waals surface area contributed by atoms with Gasteiger partial charge >= 0.3 is 5.69 Å². The zero-order valence-electron chi connectivity index (χ0n) is 7.03. The van der Waals surface area contributed by atoms with Crippen LogP contribution in [-0.2, 0) is 4.79 Å². The van der Waals surface area contributed by atoms with Crippen molar-refractivity contribution in [3.63, 3.8) is 0 Å². The van der Waals surface area contributed by atoms with Crippen LogP contribution in [0, 0.1) is 0 Å². The summed E-state index contributed by atoms with van der Waals surface area (Å²) in [5.41, 5.74) is 1.05. The molecular weight excluding hydrogens is 184 g/mol. The molecule has 0 fully saturated rings. The van der Waals surface area contributed by atoms with Gasteiger partial charge in [-0.1, -0.05) is 0 Å². The number of hydrogen-bond donors (Lipinski definition) is 2. The van der Waals surface area contributed by atoms with Crippen molar-refractivity contribution in [3.05, 3.63) is 34.2 Å². The minimum atomic E-state index is -0.603. The highest BCUT2D eigenvalue weighted by Crippen LogP contribution is 2.09. The van der Waals surface area contributed by atoms with Crippen LogP contribution in [0.25, 0.3) is 11.0 Å². The molecule has 0 bridgehead atoms. The Morgan fingerprint density at radius 3 is 2.64 bits per heavy atom. The number of aromatic amines is 2. The third-order valence-electron chi connectivity index (χ3n) is 1.91. The number of aromatic nitrogens is 2. The van der Waals surface area contributed by atoms with Gasteiger partial charge in [-0.15, -0.1) is 0 Å². The lowest BCUT2D eigenvalue weighted by atomic mass is 10.1. The first-order valence-corrected chi connectivity index (χ1v) is 3.92. The van der Waals surface area contributed by atoms with E-state index in [9.17, 15) is 14.4 Å². The Labute approximate surface area is 77.8 Å². The van der Waals surface area contributed by atoms with Crippen LogP contribution in [-0.4, -0.2) is 22.0 Å². The van der Waals surface area contributed by atoms with Crippen LogP contribution in [0.15, 0.2) is 23.0 Å². The predicted octanol–water partition coefficient (Wildman–Crippen LogP) is 0.238. The fraction of sp³-hybridized carbons (Fsp3) is 0. The molecule has 14 heavy (non-hydrogen) atoms. The monoisotopic (exact) mass is 190 g/mol. The maximum Gasteiger partial charge on any atom is 0.323 e. The molecule has 2 rings (SSSR count). The summed E-state index contributed by atoms with van der Waals surface area (Å²) >= 11 is 0. The Kier molecular flexibility index (Phi) is 1.78. The van der Waals surface area contributed by atoms with E-state index in [2.05, 4.69) is 9.97 Å². The van der Waals surface area contributed by atoms with Crippen LogP contribution in [0.3, 0.4) is 0 Å². The highest BCUT2D eigenvalue weighted by atomic mass is 16.2. The van der Waals surface area contributed by atoms with Gasteiger partial charge in [-0.05, 0) is 18.2 Å². The molecule has 0 saturated heterocycles. The molecule has 2 N–H and O–H groups in total. The summed E-state index contributed by atoms with van der Waals surface area (Å²) in [5.74, 6) is -0.603. The van der Waals surface area contributed by atoms with E-state index in [1.807, 2.05) is 0 Å². The lowest BCUT2D eigenvalue weighted by molar-refractivity contribution is -0.104. The van der Waals surface area contributed by atoms with Crippen LogP contribution in [0.4, 0.5) is 0 Å². The first-order valence-electron chi connectivity index (χ1n) is 3.92. The highest BCUT2D eigenvalue weighted by molar-refractivity contribution is 6.33. The first kappa shape index (κ1) is 8.43. The van der Waals surface area contributed by atoms with Crippen LogP contribution >= 0.6 is 0 Å². The zero-order valence-corrected chi connectivity index (χ0v) is 7.03. The number of aldehydes is 1. The van der Waals surface area contributed by atoms with E-state index in [0.717, 1.165) is 0 Å². The molecule has 1 heterocycles. The largest absolute Gasteiger partial charge is 0.323 e. The molecule has 0 atom stereocenters. The molecule has 5 heteroatoms. The fourth-order valence-electron chi connectivity index (χ4n) is 1.25. The van der Waals surface area contributed by atoms with Gasteiger partial charge in [-0.3, -0.25) is 9.59 Å².